The van der Waals surface area contributed by atoms with Crippen LogP contribution in [0, 0.1) is 0 Å². The molecule has 0 unspecified atom stereocenters. The standard InChI is InChI=1S/C11H10N4O3/c16-10(4-5-11(17)18)12-7-9-14-13-8-3-1-2-6-15(8)9/h1-6H,7H2,(H,12,16)(H,17,18)/b5-4+. The van der Waals surface area contributed by atoms with Crippen molar-refractivity contribution in [1.82, 2.24) is 19.9 Å². The molecular formula is C11H10N4O3. The molecule has 0 aliphatic rings. The van der Waals surface area contributed by atoms with Gasteiger partial charge >= 0.3 is 5.97 Å². The number of carboxylic acid groups (broad SMARTS) is 1. The van der Waals surface area contributed by atoms with E-state index in [1.165, 1.54) is 0 Å². The van der Waals surface area contributed by atoms with Gasteiger partial charge in [0.25, 0.3) is 0 Å². The fourth-order valence-electron chi connectivity index (χ4n) is 1.38. The summed E-state index contributed by atoms with van der Waals surface area (Å²) >= 11 is 0. The van der Waals surface area contributed by atoms with Crippen molar-refractivity contribution in [2.75, 3.05) is 0 Å². The van der Waals surface area contributed by atoms with Gasteiger partial charge in [-0.2, -0.15) is 0 Å². The Morgan fingerprint density at radius 3 is 2.94 bits per heavy atom. The number of aromatic nitrogens is 3. The molecule has 0 radical (unpaired) electrons. The molecule has 0 atom stereocenters. The first kappa shape index (κ1) is 11.8. The van der Waals surface area contributed by atoms with Crippen LogP contribution in [0.1, 0.15) is 5.82 Å². The smallest absolute Gasteiger partial charge is 0.328 e. The highest BCUT2D eigenvalue weighted by Crippen LogP contribution is 2.02. The summed E-state index contributed by atoms with van der Waals surface area (Å²) in [6.07, 6.45) is 3.51. The van der Waals surface area contributed by atoms with Gasteiger partial charge in [-0.15, -0.1) is 10.2 Å². The number of nitrogens with one attached hydrogen (secondary N) is 1. The van der Waals surface area contributed by atoms with Crippen molar-refractivity contribution in [2.24, 2.45) is 0 Å². The summed E-state index contributed by atoms with van der Waals surface area (Å²) in [6, 6.07) is 5.45. The lowest BCUT2D eigenvalue weighted by molar-refractivity contribution is -0.131. The lowest BCUT2D eigenvalue weighted by atomic mass is 10.4. The van der Waals surface area contributed by atoms with Gasteiger partial charge in [-0.05, 0) is 12.1 Å². The van der Waals surface area contributed by atoms with Gasteiger partial charge in [0.15, 0.2) is 11.5 Å². The minimum Gasteiger partial charge on any atom is -0.478 e. The highest BCUT2D eigenvalue weighted by atomic mass is 16.4. The van der Waals surface area contributed by atoms with E-state index in [4.69, 9.17) is 5.11 Å². The zero-order valence-corrected chi connectivity index (χ0v) is 9.28. The Morgan fingerprint density at radius 2 is 2.17 bits per heavy atom. The minimum absolute atomic E-state index is 0.175. The molecule has 0 fully saturated rings. The van der Waals surface area contributed by atoms with Crippen molar-refractivity contribution >= 4 is 17.5 Å². The molecule has 2 aromatic heterocycles. The van der Waals surface area contributed by atoms with Crippen LogP contribution in [0.5, 0.6) is 0 Å². The Hall–Kier alpha value is -2.70. The highest BCUT2D eigenvalue weighted by Gasteiger charge is 2.05. The van der Waals surface area contributed by atoms with Crippen molar-refractivity contribution in [3.8, 4) is 0 Å². The second-order valence-corrected chi connectivity index (χ2v) is 3.43. The summed E-state index contributed by atoms with van der Waals surface area (Å²) in [5.74, 6) is -1.09. The zero-order chi connectivity index (χ0) is 13.0. The van der Waals surface area contributed by atoms with E-state index in [1.807, 2.05) is 12.1 Å². The van der Waals surface area contributed by atoms with E-state index >= 15 is 0 Å². The van der Waals surface area contributed by atoms with Gasteiger partial charge in [-0.25, -0.2) is 4.79 Å². The molecule has 0 spiro atoms. The first-order chi connectivity index (χ1) is 8.66. The topological polar surface area (TPSA) is 96.6 Å². The predicted octanol–water partition coefficient (Wildman–Crippen LogP) is -0.0137. The van der Waals surface area contributed by atoms with Gasteiger partial charge in [-0.1, -0.05) is 6.07 Å². The third-order valence-corrected chi connectivity index (χ3v) is 2.18. The van der Waals surface area contributed by atoms with E-state index in [1.54, 1.807) is 16.7 Å². The Balaban J connectivity index is 2.02. The first-order valence-corrected chi connectivity index (χ1v) is 5.14. The number of fused-ring (bicyclic) bond motifs is 1. The molecule has 0 aromatic carbocycles. The number of rotatable bonds is 4. The number of carbonyl (C=O) groups is 2. The second-order valence-electron chi connectivity index (χ2n) is 3.43. The van der Waals surface area contributed by atoms with Crippen LogP contribution in [0.15, 0.2) is 36.5 Å². The Kier molecular flexibility index (Phi) is 3.33. The predicted molar refractivity (Wildman–Crippen MR) is 61.6 cm³/mol. The van der Waals surface area contributed by atoms with Crippen molar-refractivity contribution in [1.29, 1.82) is 0 Å². The van der Waals surface area contributed by atoms with Gasteiger partial charge in [0.2, 0.25) is 5.91 Å². The van der Waals surface area contributed by atoms with Gasteiger partial charge in [0.05, 0.1) is 6.54 Å². The van der Waals surface area contributed by atoms with Gasteiger partial charge in [-0.3, -0.25) is 9.20 Å². The number of hydrogen-bond acceptors (Lipinski definition) is 4. The molecule has 92 valence electrons. The average molecular weight is 246 g/mol. The maximum atomic E-state index is 11.3. The molecule has 0 aliphatic carbocycles. The SMILES string of the molecule is O=C(O)/C=C/C(=O)NCc1nnc2ccccn12. The van der Waals surface area contributed by atoms with Crippen LogP contribution in [-0.4, -0.2) is 31.6 Å². The normalized spacial score (nSPS) is 10.9. The minimum atomic E-state index is -1.17. The van der Waals surface area contributed by atoms with Crippen molar-refractivity contribution in [3.05, 3.63) is 42.4 Å². The maximum absolute atomic E-state index is 11.3. The largest absolute Gasteiger partial charge is 0.478 e. The number of pyridine rings is 1. The van der Waals surface area contributed by atoms with E-state index < -0.39 is 11.9 Å². The van der Waals surface area contributed by atoms with E-state index in [2.05, 4.69) is 15.5 Å². The van der Waals surface area contributed by atoms with Crippen molar-refractivity contribution < 1.29 is 14.7 Å². The van der Waals surface area contributed by atoms with Crippen LogP contribution in [0.3, 0.4) is 0 Å². The molecular weight excluding hydrogens is 236 g/mol. The monoisotopic (exact) mass is 246 g/mol. The Labute approximate surface area is 102 Å². The second kappa shape index (κ2) is 5.09. The van der Waals surface area contributed by atoms with E-state index in [9.17, 15) is 9.59 Å². The van der Waals surface area contributed by atoms with Crippen LogP contribution in [0.25, 0.3) is 5.65 Å². The van der Waals surface area contributed by atoms with E-state index in [0.717, 1.165) is 12.2 Å². The highest BCUT2D eigenvalue weighted by molar-refractivity contribution is 5.93. The van der Waals surface area contributed by atoms with E-state index in [0.29, 0.717) is 11.5 Å². The van der Waals surface area contributed by atoms with Crippen LogP contribution >= 0.6 is 0 Å². The molecule has 0 saturated carbocycles. The number of nitrogens with zero attached hydrogens (tertiary/aromatic N) is 3. The maximum Gasteiger partial charge on any atom is 0.328 e. The summed E-state index contributed by atoms with van der Waals surface area (Å²) in [5.41, 5.74) is 0.683. The molecule has 18 heavy (non-hydrogen) atoms. The summed E-state index contributed by atoms with van der Waals surface area (Å²) < 4.78 is 1.74. The number of aliphatic carboxylic acids is 1. The fraction of sp³-hybridized carbons (Fsp3) is 0.0909. The summed E-state index contributed by atoms with van der Waals surface area (Å²) in [6.45, 7) is 0.175. The van der Waals surface area contributed by atoms with Crippen LogP contribution in [-0.2, 0) is 16.1 Å². The van der Waals surface area contributed by atoms with Crippen molar-refractivity contribution in [3.63, 3.8) is 0 Å². The number of carbonyl (C=O) groups excluding carboxylic acids is 1. The molecule has 7 heteroatoms. The van der Waals surface area contributed by atoms with Gasteiger partial charge in [0, 0.05) is 18.3 Å². The molecule has 2 N–H and O–H groups in total. The third kappa shape index (κ3) is 2.70. The molecule has 1 amide bonds. The molecule has 2 aromatic rings. The number of hydrogen-bond donors (Lipinski definition) is 2. The lowest BCUT2D eigenvalue weighted by Crippen LogP contribution is -2.22. The summed E-state index contributed by atoms with van der Waals surface area (Å²) in [5, 5.41) is 18.7. The van der Waals surface area contributed by atoms with Crippen molar-refractivity contribution in [2.45, 2.75) is 6.54 Å². The Morgan fingerprint density at radius 1 is 1.33 bits per heavy atom. The molecule has 7 nitrogen and oxygen atoms in total. The van der Waals surface area contributed by atoms with E-state index in [-0.39, 0.29) is 6.54 Å². The molecule has 0 aliphatic heterocycles. The average Bonchev–Trinajstić information content (AvgIpc) is 2.77. The Bertz CT molecular complexity index is 618. The number of carboxylic acids is 1. The lowest BCUT2D eigenvalue weighted by Gasteiger charge is -2.00. The van der Waals surface area contributed by atoms with Gasteiger partial charge < -0.3 is 10.4 Å². The van der Waals surface area contributed by atoms with Gasteiger partial charge in [0.1, 0.15) is 0 Å². The molecule has 0 saturated heterocycles. The zero-order valence-electron chi connectivity index (χ0n) is 9.28. The quantitative estimate of drug-likeness (QED) is 0.739. The van der Waals surface area contributed by atoms with Crippen LogP contribution in [0.4, 0.5) is 0 Å². The van der Waals surface area contributed by atoms with Crippen LogP contribution in [0.2, 0.25) is 0 Å². The fourth-order valence-corrected chi connectivity index (χ4v) is 1.38. The first-order valence-electron chi connectivity index (χ1n) is 5.14. The molecule has 0 bridgehead atoms. The molecule has 2 rings (SSSR count). The number of amides is 1. The summed E-state index contributed by atoms with van der Waals surface area (Å²) in [7, 11) is 0. The summed E-state index contributed by atoms with van der Waals surface area (Å²) in [4.78, 5) is 21.5. The van der Waals surface area contributed by atoms with Crippen LogP contribution < -0.4 is 5.32 Å². The molecule has 2 heterocycles. The third-order valence-electron chi connectivity index (χ3n) is 2.18.